The molecule has 0 radical (unpaired) electrons. The molecule has 1 fully saturated rings. The molecule has 4 heteroatoms. The molecular weight excluding hydrogens is 284 g/mol. The fourth-order valence-electron chi connectivity index (χ4n) is 3.17. The van der Waals surface area contributed by atoms with Crippen molar-refractivity contribution in [1.82, 2.24) is 15.1 Å². The summed E-state index contributed by atoms with van der Waals surface area (Å²) < 4.78 is 0. The zero-order chi connectivity index (χ0) is 16.7. The van der Waals surface area contributed by atoms with Crippen LogP contribution in [0.3, 0.4) is 0 Å². The van der Waals surface area contributed by atoms with Crippen LogP contribution in [0.2, 0.25) is 0 Å². The summed E-state index contributed by atoms with van der Waals surface area (Å²) in [5.74, 6) is 1.83. The van der Waals surface area contributed by atoms with E-state index in [0.29, 0.717) is 0 Å². The molecule has 0 spiro atoms. The normalized spacial score (nSPS) is 19.3. The van der Waals surface area contributed by atoms with Crippen LogP contribution < -0.4 is 5.32 Å². The van der Waals surface area contributed by atoms with Gasteiger partial charge in [0.05, 0.1) is 6.54 Å². The molecule has 1 saturated heterocycles. The van der Waals surface area contributed by atoms with Crippen LogP contribution in [0.5, 0.6) is 0 Å². The number of guanidine groups is 1. The Morgan fingerprint density at radius 1 is 1.35 bits per heavy atom. The molecule has 4 nitrogen and oxygen atoms in total. The Morgan fingerprint density at radius 2 is 2.13 bits per heavy atom. The van der Waals surface area contributed by atoms with Crippen LogP contribution in [-0.2, 0) is 13.1 Å². The predicted octanol–water partition coefficient (Wildman–Crippen LogP) is 2.95. The van der Waals surface area contributed by atoms with Gasteiger partial charge in [-0.1, -0.05) is 31.2 Å². The Balaban J connectivity index is 2.05. The zero-order valence-corrected chi connectivity index (χ0v) is 15.2. The second-order valence-corrected chi connectivity index (χ2v) is 6.92. The lowest BCUT2D eigenvalue weighted by Crippen LogP contribution is -2.46. The van der Waals surface area contributed by atoms with Gasteiger partial charge >= 0.3 is 0 Å². The van der Waals surface area contributed by atoms with Crippen LogP contribution in [0, 0.1) is 5.92 Å². The van der Waals surface area contributed by atoms with Gasteiger partial charge in [-0.2, -0.15) is 0 Å². The zero-order valence-electron chi connectivity index (χ0n) is 15.2. The minimum atomic E-state index is 0.745. The third-order valence-electron chi connectivity index (χ3n) is 4.19. The van der Waals surface area contributed by atoms with E-state index in [9.17, 15) is 0 Å². The SMILES string of the molecule is CCNC(=NCc1cccc(CN(C)C)c1)N1CCCC(C)C1. The van der Waals surface area contributed by atoms with Crippen LogP contribution in [0.4, 0.5) is 0 Å². The smallest absolute Gasteiger partial charge is 0.194 e. The van der Waals surface area contributed by atoms with Crippen LogP contribution in [0.1, 0.15) is 37.8 Å². The monoisotopic (exact) mass is 316 g/mol. The number of rotatable bonds is 5. The van der Waals surface area contributed by atoms with Crippen LogP contribution in [0.25, 0.3) is 0 Å². The Hall–Kier alpha value is -1.55. The van der Waals surface area contributed by atoms with Gasteiger partial charge in [0.2, 0.25) is 0 Å². The molecule has 128 valence electrons. The van der Waals surface area contributed by atoms with E-state index in [4.69, 9.17) is 4.99 Å². The molecule has 1 N–H and O–H groups in total. The van der Waals surface area contributed by atoms with Crippen molar-refractivity contribution in [2.75, 3.05) is 33.7 Å². The number of piperidine rings is 1. The average Bonchev–Trinajstić information content (AvgIpc) is 2.51. The minimum Gasteiger partial charge on any atom is -0.357 e. The third kappa shape index (κ3) is 5.87. The molecule has 1 unspecified atom stereocenters. The molecule has 1 heterocycles. The molecule has 1 aromatic rings. The number of aliphatic imine (C=N–C) groups is 1. The lowest BCUT2D eigenvalue weighted by atomic mass is 10.0. The fraction of sp³-hybridized carbons (Fsp3) is 0.632. The van der Waals surface area contributed by atoms with Crippen molar-refractivity contribution in [2.45, 2.75) is 39.8 Å². The van der Waals surface area contributed by atoms with E-state index in [2.05, 4.69) is 67.3 Å². The highest BCUT2D eigenvalue weighted by Crippen LogP contribution is 2.16. The van der Waals surface area contributed by atoms with Crippen LogP contribution in [-0.4, -0.2) is 49.5 Å². The number of likely N-dealkylation sites (tertiary alicyclic amines) is 1. The van der Waals surface area contributed by atoms with E-state index >= 15 is 0 Å². The maximum Gasteiger partial charge on any atom is 0.194 e. The summed E-state index contributed by atoms with van der Waals surface area (Å²) >= 11 is 0. The van der Waals surface area contributed by atoms with E-state index in [-0.39, 0.29) is 0 Å². The second kappa shape index (κ2) is 8.92. The van der Waals surface area contributed by atoms with Gasteiger partial charge in [-0.3, -0.25) is 0 Å². The van der Waals surface area contributed by atoms with E-state index in [1.807, 2.05) is 0 Å². The lowest BCUT2D eigenvalue weighted by molar-refractivity contribution is 0.266. The Morgan fingerprint density at radius 3 is 2.83 bits per heavy atom. The molecule has 0 bridgehead atoms. The second-order valence-electron chi connectivity index (χ2n) is 6.92. The molecule has 1 atom stereocenters. The number of benzene rings is 1. The van der Waals surface area contributed by atoms with Gasteiger partial charge in [0.25, 0.3) is 0 Å². The summed E-state index contributed by atoms with van der Waals surface area (Å²) in [7, 11) is 4.21. The van der Waals surface area contributed by atoms with Gasteiger partial charge < -0.3 is 15.1 Å². The van der Waals surface area contributed by atoms with E-state index in [0.717, 1.165) is 44.6 Å². The van der Waals surface area contributed by atoms with E-state index < -0.39 is 0 Å². The first kappa shape index (κ1) is 17.8. The van der Waals surface area contributed by atoms with Crippen molar-refractivity contribution in [2.24, 2.45) is 10.9 Å². The first-order valence-electron chi connectivity index (χ1n) is 8.84. The predicted molar refractivity (Wildman–Crippen MR) is 98.6 cm³/mol. The molecule has 1 aliphatic rings. The topological polar surface area (TPSA) is 30.9 Å². The molecule has 0 saturated carbocycles. The van der Waals surface area contributed by atoms with Gasteiger partial charge in [0.15, 0.2) is 5.96 Å². The molecular formula is C19H32N4. The highest BCUT2D eigenvalue weighted by molar-refractivity contribution is 5.80. The molecule has 1 aliphatic heterocycles. The van der Waals surface area contributed by atoms with Crippen LogP contribution >= 0.6 is 0 Å². The Kier molecular flexibility index (Phi) is 6.90. The van der Waals surface area contributed by atoms with Crippen molar-refractivity contribution < 1.29 is 0 Å². The number of nitrogens with one attached hydrogen (secondary N) is 1. The molecule has 0 amide bonds. The van der Waals surface area contributed by atoms with Crippen molar-refractivity contribution >= 4 is 5.96 Å². The van der Waals surface area contributed by atoms with Gasteiger partial charge in [-0.15, -0.1) is 0 Å². The summed E-state index contributed by atoms with van der Waals surface area (Å²) in [6, 6.07) is 8.77. The van der Waals surface area contributed by atoms with Crippen molar-refractivity contribution in [1.29, 1.82) is 0 Å². The highest BCUT2D eigenvalue weighted by atomic mass is 15.3. The van der Waals surface area contributed by atoms with E-state index in [1.165, 1.54) is 24.0 Å². The largest absolute Gasteiger partial charge is 0.357 e. The number of hydrogen-bond acceptors (Lipinski definition) is 2. The first-order valence-corrected chi connectivity index (χ1v) is 8.84. The van der Waals surface area contributed by atoms with Gasteiger partial charge in [-0.05, 0) is 50.9 Å². The van der Waals surface area contributed by atoms with Gasteiger partial charge in [-0.25, -0.2) is 4.99 Å². The van der Waals surface area contributed by atoms with Crippen molar-refractivity contribution in [3.63, 3.8) is 0 Å². The maximum absolute atomic E-state index is 4.88. The lowest BCUT2D eigenvalue weighted by Gasteiger charge is -2.33. The van der Waals surface area contributed by atoms with Crippen molar-refractivity contribution in [3.8, 4) is 0 Å². The molecule has 0 aromatic heterocycles. The number of hydrogen-bond donors (Lipinski definition) is 1. The van der Waals surface area contributed by atoms with Crippen LogP contribution in [0.15, 0.2) is 29.3 Å². The molecule has 23 heavy (non-hydrogen) atoms. The molecule has 2 rings (SSSR count). The Labute approximate surface area is 141 Å². The Bertz CT molecular complexity index is 510. The number of nitrogens with zero attached hydrogens (tertiary/aromatic N) is 3. The summed E-state index contributed by atoms with van der Waals surface area (Å²) in [4.78, 5) is 9.49. The van der Waals surface area contributed by atoms with Crippen molar-refractivity contribution in [3.05, 3.63) is 35.4 Å². The van der Waals surface area contributed by atoms with Gasteiger partial charge in [0.1, 0.15) is 0 Å². The third-order valence-corrected chi connectivity index (χ3v) is 4.19. The summed E-state index contributed by atoms with van der Waals surface area (Å²) in [6.45, 7) is 9.35. The fourth-order valence-corrected chi connectivity index (χ4v) is 3.17. The molecule has 0 aliphatic carbocycles. The molecule has 1 aromatic carbocycles. The summed E-state index contributed by atoms with van der Waals surface area (Å²) in [5.41, 5.74) is 2.63. The quantitative estimate of drug-likeness (QED) is 0.669. The van der Waals surface area contributed by atoms with E-state index in [1.54, 1.807) is 0 Å². The minimum absolute atomic E-state index is 0.745. The first-order chi connectivity index (χ1) is 11.1. The maximum atomic E-state index is 4.88. The highest BCUT2D eigenvalue weighted by Gasteiger charge is 2.18. The summed E-state index contributed by atoms with van der Waals surface area (Å²) in [6.07, 6.45) is 2.60. The summed E-state index contributed by atoms with van der Waals surface area (Å²) in [5, 5.41) is 3.46. The standard InChI is InChI=1S/C19H32N4/c1-5-20-19(23-11-7-8-16(2)14-23)21-13-17-9-6-10-18(12-17)15-22(3)4/h6,9-10,12,16H,5,7-8,11,13-15H2,1-4H3,(H,20,21). The van der Waals surface area contributed by atoms with Gasteiger partial charge in [0, 0.05) is 26.2 Å². The average molecular weight is 316 g/mol.